The zero-order valence-corrected chi connectivity index (χ0v) is 14.1. The number of nitrogens with zero attached hydrogens (tertiary/aromatic N) is 1. The predicted molar refractivity (Wildman–Crippen MR) is 76.5 cm³/mol. The van der Waals surface area contributed by atoms with E-state index < -0.39 is 32.5 Å². The van der Waals surface area contributed by atoms with E-state index in [4.69, 9.17) is 9.47 Å². The second-order valence-corrected chi connectivity index (χ2v) is 8.49. The third-order valence-electron chi connectivity index (χ3n) is 2.35. The van der Waals surface area contributed by atoms with Gasteiger partial charge >= 0.3 is 20.9 Å². The Hall–Kier alpha value is -1.04. The molecule has 0 N–H and O–H groups in total. The van der Waals surface area contributed by atoms with Gasteiger partial charge in [-0.15, -0.1) is 0 Å². The molecule has 1 atom stereocenters. The molecular weight excluding hydrogens is 262 g/mol. The Morgan fingerprint density at radius 3 is 2.11 bits per heavy atom. The van der Waals surface area contributed by atoms with E-state index >= 15 is 0 Å². The minimum absolute atomic E-state index is 0.392. The largest absolute Gasteiger partial charge is 0.467 e. The van der Waals surface area contributed by atoms with Crippen LogP contribution in [0, 0.1) is 0 Å². The average molecular weight is 288 g/mol. The van der Waals surface area contributed by atoms with Crippen molar-refractivity contribution in [3.05, 3.63) is 0 Å². The van der Waals surface area contributed by atoms with Crippen molar-refractivity contribution in [2.45, 2.75) is 58.9 Å². The first-order valence-corrected chi connectivity index (χ1v) is 9.19. The standard InChI is InChI=1S/C13H26NO4Si/c1-8-10(11(15)17-5)14(9-19(6)7)12(16)18-13(2,3)4/h10H,8-9H2,1-7H3/q+1/t10-/m1/s1. The molecule has 0 saturated heterocycles. The maximum atomic E-state index is 12.2. The molecule has 0 radical (unpaired) electrons. The average Bonchev–Trinajstić information content (AvgIpc) is 2.25. The van der Waals surface area contributed by atoms with Gasteiger partial charge < -0.3 is 9.47 Å². The molecule has 0 fully saturated rings. The Balaban J connectivity index is 5.07. The Labute approximate surface area is 117 Å². The molecule has 0 spiro atoms. The first-order chi connectivity index (χ1) is 8.62. The number of methoxy groups -OCH3 is 1. The molecular formula is C13H26NO4Si+. The smallest absolute Gasteiger partial charge is 0.413 e. The summed E-state index contributed by atoms with van der Waals surface area (Å²) in [6, 6.07) is -0.570. The summed E-state index contributed by atoms with van der Waals surface area (Å²) in [5, 5.41) is 0. The summed E-state index contributed by atoms with van der Waals surface area (Å²) in [7, 11) is 0.624. The van der Waals surface area contributed by atoms with Crippen LogP contribution in [0.4, 0.5) is 4.79 Å². The third-order valence-corrected chi connectivity index (χ3v) is 3.32. The molecule has 19 heavy (non-hydrogen) atoms. The fourth-order valence-electron chi connectivity index (χ4n) is 1.61. The van der Waals surface area contributed by atoms with Crippen molar-refractivity contribution >= 4 is 20.9 Å². The normalized spacial score (nSPS) is 12.6. The Kier molecular flexibility index (Phi) is 7.11. The van der Waals surface area contributed by atoms with Gasteiger partial charge in [0.1, 0.15) is 17.8 Å². The van der Waals surface area contributed by atoms with Crippen LogP contribution in [0.25, 0.3) is 0 Å². The topological polar surface area (TPSA) is 55.8 Å². The number of ether oxygens (including phenoxy) is 2. The van der Waals surface area contributed by atoms with Crippen LogP contribution in [0.15, 0.2) is 0 Å². The van der Waals surface area contributed by atoms with Crippen LogP contribution in [0.1, 0.15) is 34.1 Å². The molecule has 110 valence electrons. The van der Waals surface area contributed by atoms with Crippen LogP contribution in [0.3, 0.4) is 0 Å². The Morgan fingerprint density at radius 2 is 1.79 bits per heavy atom. The van der Waals surface area contributed by atoms with Crippen LogP contribution in [0.5, 0.6) is 0 Å². The summed E-state index contributed by atoms with van der Waals surface area (Å²) >= 11 is 0. The summed E-state index contributed by atoms with van der Waals surface area (Å²) in [6.07, 6.45) is 0.629. The highest BCUT2D eigenvalue weighted by Gasteiger charge is 2.36. The molecule has 6 heteroatoms. The molecule has 0 aromatic carbocycles. The maximum Gasteiger partial charge on any atom is 0.413 e. The highest BCUT2D eigenvalue weighted by Crippen LogP contribution is 2.15. The molecule has 0 bridgehead atoms. The second kappa shape index (κ2) is 7.52. The number of hydrogen-bond acceptors (Lipinski definition) is 4. The van der Waals surface area contributed by atoms with E-state index in [9.17, 15) is 9.59 Å². The first kappa shape index (κ1) is 18.0. The molecule has 0 aromatic rings. The SMILES string of the molecule is CC[C@H](C(=O)OC)N(C[Si+](C)C)C(=O)OC(C)(C)C. The first-order valence-electron chi connectivity index (χ1n) is 6.48. The minimum Gasteiger partial charge on any atom is -0.467 e. The van der Waals surface area contributed by atoms with Gasteiger partial charge in [-0.2, -0.15) is 0 Å². The summed E-state index contributed by atoms with van der Waals surface area (Å²) in [5.74, 6) is -0.392. The van der Waals surface area contributed by atoms with E-state index in [0.29, 0.717) is 12.6 Å². The van der Waals surface area contributed by atoms with Crippen LogP contribution < -0.4 is 0 Å². The number of carbonyl (C=O) groups excluding carboxylic acids is 2. The molecule has 0 saturated carbocycles. The van der Waals surface area contributed by atoms with Crippen molar-refractivity contribution in [2.24, 2.45) is 0 Å². The molecule has 0 heterocycles. The van der Waals surface area contributed by atoms with E-state index in [-0.39, 0.29) is 0 Å². The van der Waals surface area contributed by atoms with Crippen molar-refractivity contribution in [3.63, 3.8) is 0 Å². The Morgan fingerprint density at radius 1 is 1.26 bits per heavy atom. The molecule has 0 unspecified atom stereocenters. The molecule has 0 aliphatic heterocycles. The number of carbonyl (C=O) groups is 2. The molecule has 5 nitrogen and oxygen atoms in total. The lowest BCUT2D eigenvalue weighted by molar-refractivity contribution is -0.146. The highest BCUT2D eigenvalue weighted by atomic mass is 28.3. The van der Waals surface area contributed by atoms with E-state index in [1.165, 1.54) is 12.0 Å². The van der Waals surface area contributed by atoms with Crippen LogP contribution >= 0.6 is 0 Å². The van der Waals surface area contributed by atoms with Gasteiger partial charge in [0, 0.05) is 0 Å². The number of rotatable bonds is 5. The fraction of sp³-hybridized carbons (Fsp3) is 0.846. The van der Waals surface area contributed by atoms with Crippen molar-refractivity contribution in [2.75, 3.05) is 13.3 Å². The van der Waals surface area contributed by atoms with Crippen molar-refractivity contribution < 1.29 is 19.1 Å². The Bertz CT molecular complexity index is 312. The summed E-state index contributed by atoms with van der Waals surface area (Å²) < 4.78 is 10.1. The lowest BCUT2D eigenvalue weighted by atomic mass is 10.2. The molecule has 0 aliphatic carbocycles. The van der Waals surface area contributed by atoms with E-state index in [1.807, 2.05) is 27.7 Å². The summed E-state index contributed by atoms with van der Waals surface area (Å²) in [6.45, 7) is 11.5. The van der Waals surface area contributed by atoms with Gasteiger partial charge in [0.2, 0.25) is 0 Å². The van der Waals surface area contributed by atoms with E-state index in [2.05, 4.69) is 13.1 Å². The fourth-order valence-corrected chi connectivity index (χ4v) is 2.64. The number of hydrogen-bond donors (Lipinski definition) is 0. The van der Waals surface area contributed by atoms with Gasteiger partial charge in [-0.3, -0.25) is 4.90 Å². The van der Waals surface area contributed by atoms with E-state index in [1.54, 1.807) is 0 Å². The molecule has 0 aromatic heterocycles. The maximum absolute atomic E-state index is 12.2. The zero-order chi connectivity index (χ0) is 15.2. The van der Waals surface area contributed by atoms with Crippen molar-refractivity contribution in [1.29, 1.82) is 0 Å². The van der Waals surface area contributed by atoms with Gasteiger partial charge in [-0.25, -0.2) is 9.59 Å². The molecule has 0 aliphatic rings. The van der Waals surface area contributed by atoms with Crippen molar-refractivity contribution in [3.8, 4) is 0 Å². The van der Waals surface area contributed by atoms with Gasteiger partial charge in [-0.05, 0) is 27.2 Å². The quantitative estimate of drug-likeness (QED) is 0.576. The second-order valence-electron chi connectivity index (χ2n) is 5.76. The number of amides is 1. The van der Waals surface area contributed by atoms with Crippen molar-refractivity contribution in [1.82, 2.24) is 4.90 Å². The summed E-state index contributed by atoms with van der Waals surface area (Å²) in [4.78, 5) is 25.5. The molecule has 1 amide bonds. The molecule has 0 rings (SSSR count). The van der Waals surface area contributed by atoms with Gasteiger partial charge in [-0.1, -0.05) is 6.92 Å². The van der Waals surface area contributed by atoms with Gasteiger partial charge in [0.05, 0.1) is 20.2 Å². The van der Waals surface area contributed by atoms with Gasteiger partial charge in [0.15, 0.2) is 0 Å². The monoisotopic (exact) mass is 288 g/mol. The van der Waals surface area contributed by atoms with Crippen LogP contribution in [0.2, 0.25) is 13.1 Å². The summed E-state index contributed by atoms with van der Waals surface area (Å²) in [5.41, 5.74) is -0.571. The minimum atomic E-state index is -0.711. The number of esters is 1. The third kappa shape index (κ3) is 6.61. The van der Waals surface area contributed by atoms with Crippen LogP contribution in [-0.2, 0) is 14.3 Å². The predicted octanol–water partition coefficient (Wildman–Crippen LogP) is 2.47. The zero-order valence-electron chi connectivity index (χ0n) is 13.1. The van der Waals surface area contributed by atoms with Gasteiger partial charge in [0.25, 0.3) is 0 Å². The van der Waals surface area contributed by atoms with Crippen LogP contribution in [-0.4, -0.2) is 50.7 Å². The lowest BCUT2D eigenvalue weighted by Crippen LogP contribution is -2.50. The highest BCUT2D eigenvalue weighted by molar-refractivity contribution is 6.56. The van der Waals surface area contributed by atoms with E-state index in [0.717, 1.165) is 0 Å². The lowest BCUT2D eigenvalue weighted by Gasteiger charge is -2.30.